The van der Waals surface area contributed by atoms with E-state index in [-0.39, 0.29) is 17.7 Å². The molecule has 1 fully saturated rings. The van der Waals surface area contributed by atoms with Gasteiger partial charge in [0.25, 0.3) is 0 Å². The number of amides is 1. The van der Waals surface area contributed by atoms with Crippen molar-refractivity contribution in [1.29, 1.82) is 0 Å². The lowest BCUT2D eigenvalue weighted by Gasteiger charge is -2.28. The van der Waals surface area contributed by atoms with Crippen molar-refractivity contribution in [2.75, 3.05) is 37.0 Å². The van der Waals surface area contributed by atoms with Crippen LogP contribution < -0.4 is 10.2 Å². The normalized spacial score (nSPS) is 15.0. The largest absolute Gasteiger partial charge is 0.378 e. The number of benzene rings is 2. The van der Waals surface area contributed by atoms with E-state index >= 15 is 0 Å². The van der Waals surface area contributed by atoms with Gasteiger partial charge in [-0.15, -0.1) is 10.2 Å². The number of hydrogen-bond donors (Lipinski definition) is 1. The molecule has 4 rings (SSSR count). The van der Waals surface area contributed by atoms with E-state index in [1.807, 2.05) is 41.8 Å². The molecule has 1 N–H and O–H groups in total. The third-order valence-corrected chi connectivity index (χ3v) is 6.14. The molecule has 1 unspecified atom stereocenters. The molecule has 1 amide bonds. The Kier molecular flexibility index (Phi) is 6.89. The number of carbonyl (C=O) groups is 1. The lowest BCUT2D eigenvalue weighted by molar-refractivity contribution is -0.119. The molecule has 0 spiro atoms. The molecule has 1 aliphatic rings. The summed E-state index contributed by atoms with van der Waals surface area (Å²) in [6.07, 6.45) is 0. The van der Waals surface area contributed by atoms with Crippen LogP contribution in [0.25, 0.3) is 5.69 Å². The fraction of sp³-hybridized carbons (Fsp3) is 0.348. The second-order valence-electron chi connectivity index (χ2n) is 7.54. The first-order valence-electron chi connectivity index (χ1n) is 10.4. The predicted octanol–water partition coefficient (Wildman–Crippen LogP) is 3.38. The van der Waals surface area contributed by atoms with Gasteiger partial charge in [0.05, 0.1) is 30.7 Å². The average molecular weight is 438 g/mol. The summed E-state index contributed by atoms with van der Waals surface area (Å²) in [5.41, 5.74) is 3.25. The molecular formula is C23H27N5O2S. The number of ether oxygens (including phenoxy) is 1. The van der Waals surface area contributed by atoms with E-state index in [9.17, 15) is 4.79 Å². The highest BCUT2D eigenvalue weighted by molar-refractivity contribution is 7.99. The zero-order valence-corrected chi connectivity index (χ0v) is 18.6. The number of nitrogens with zero attached hydrogens (tertiary/aromatic N) is 4. The monoisotopic (exact) mass is 437 g/mol. The molecule has 7 nitrogen and oxygen atoms in total. The number of nitrogens with one attached hydrogen (secondary N) is 1. The molecule has 0 bridgehead atoms. The van der Waals surface area contributed by atoms with Crippen molar-refractivity contribution in [3.8, 4) is 5.69 Å². The second-order valence-corrected chi connectivity index (χ2v) is 8.48. The predicted molar refractivity (Wildman–Crippen MR) is 123 cm³/mol. The lowest BCUT2D eigenvalue weighted by Crippen LogP contribution is -2.37. The first-order chi connectivity index (χ1) is 15.1. The summed E-state index contributed by atoms with van der Waals surface area (Å²) in [6, 6.07) is 18.2. The Hall–Kier alpha value is -2.84. The minimum absolute atomic E-state index is 0.0345. The molecule has 1 saturated heterocycles. The summed E-state index contributed by atoms with van der Waals surface area (Å²) in [6.45, 7) is 6.93. The number of hydrogen-bond acceptors (Lipinski definition) is 6. The van der Waals surface area contributed by atoms with Crippen LogP contribution in [0.15, 0.2) is 59.8 Å². The molecule has 0 aliphatic carbocycles. The maximum Gasteiger partial charge on any atom is 0.232 e. The highest BCUT2D eigenvalue weighted by atomic mass is 32.2. The number of anilines is 1. The molecule has 1 aromatic heterocycles. The molecule has 0 radical (unpaired) electrons. The van der Waals surface area contributed by atoms with Crippen molar-refractivity contribution < 1.29 is 9.53 Å². The Bertz CT molecular complexity index is 1000. The average Bonchev–Trinajstić information content (AvgIpc) is 3.23. The summed E-state index contributed by atoms with van der Waals surface area (Å²) >= 11 is 1.40. The van der Waals surface area contributed by atoms with Crippen molar-refractivity contribution in [2.24, 2.45) is 0 Å². The van der Waals surface area contributed by atoms with Crippen LogP contribution in [0.4, 0.5) is 5.95 Å². The number of morpholine rings is 1. The van der Waals surface area contributed by atoms with Gasteiger partial charge in [-0.1, -0.05) is 59.8 Å². The van der Waals surface area contributed by atoms with E-state index in [4.69, 9.17) is 4.74 Å². The molecule has 1 aliphatic heterocycles. The van der Waals surface area contributed by atoms with Crippen LogP contribution in [0.2, 0.25) is 0 Å². The molecule has 8 heteroatoms. The van der Waals surface area contributed by atoms with Gasteiger partial charge in [0.1, 0.15) is 0 Å². The molecular weight excluding hydrogens is 410 g/mol. The standard InChI is InChI=1S/C23H27N5O2S/c1-17-8-10-20(11-9-17)28-22(27-12-14-30-15-13-27)25-26-23(28)31-16-21(29)24-18(2)19-6-4-3-5-7-19/h3-11,18H,12-16H2,1-2H3,(H,24,29). The molecule has 0 saturated carbocycles. The van der Waals surface area contributed by atoms with Crippen molar-refractivity contribution in [3.63, 3.8) is 0 Å². The molecule has 3 aromatic rings. The van der Waals surface area contributed by atoms with E-state index < -0.39 is 0 Å². The maximum atomic E-state index is 12.6. The third-order valence-electron chi connectivity index (χ3n) is 5.21. The lowest BCUT2D eigenvalue weighted by atomic mass is 10.1. The molecule has 2 aromatic carbocycles. The first kappa shape index (κ1) is 21.4. The Morgan fingerprint density at radius 2 is 1.81 bits per heavy atom. The van der Waals surface area contributed by atoms with E-state index in [1.54, 1.807) is 0 Å². The quantitative estimate of drug-likeness (QED) is 0.572. The van der Waals surface area contributed by atoms with Gasteiger partial charge in [-0.2, -0.15) is 0 Å². The summed E-state index contributed by atoms with van der Waals surface area (Å²) in [4.78, 5) is 14.8. The SMILES string of the molecule is Cc1ccc(-n2c(SCC(=O)NC(C)c3ccccc3)nnc2N2CCOCC2)cc1. The van der Waals surface area contributed by atoms with Gasteiger partial charge in [-0.25, -0.2) is 0 Å². The van der Waals surface area contributed by atoms with Crippen molar-refractivity contribution in [3.05, 3.63) is 65.7 Å². The Morgan fingerprint density at radius 3 is 2.52 bits per heavy atom. The highest BCUT2D eigenvalue weighted by Gasteiger charge is 2.22. The fourth-order valence-electron chi connectivity index (χ4n) is 3.48. The smallest absolute Gasteiger partial charge is 0.232 e. The summed E-state index contributed by atoms with van der Waals surface area (Å²) in [5, 5.41) is 12.6. The molecule has 2 heterocycles. The van der Waals surface area contributed by atoms with Gasteiger partial charge in [0.15, 0.2) is 5.16 Å². The summed E-state index contributed by atoms with van der Waals surface area (Å²) < 4.78 is 7.52. The van der Waals surface area contributed by atoms with E-state index in [0.717, 1.165) is 30.3 Å². The van der Waals surface area contributed by atoms with Crippen LogP contribution >= 0.6 is 11.8 Å². The van der Waals surface area contributed by atoms with Crippen LogP contribution in [0.1, 0.15) is 24.1 Å². The highest BCUT2D eigenvalue weighted by Crippen LogP contribution is 2.27. The van der Waals surface area contributed by atoms with Gasteiger partial charge in [0.2, 0.25) is 11.9 Å². The van der Waals surface area contributed by atoms with Crippen LogP contribution in [0.5, 0.6) is 0 Å². The Morgan fingerprint density at radius 1 is 1.10 bits per heavy atom. The number of carbonyl (C=O) groups excluding carboxylic acids is 1. The zero-order valence-electron chi connectivity index (χ0n) is 17.8. The Labute approximate surface area is 186 Å². The topological polar surface area (TPSA) is 72.3 Å². The van der Waals surface area contributed by atoms with Gasteiger partial charge in [-0.3, -0.25) is 9.36 Å². The molecule has 31 heavy (non-hydrogen) atoms. The number of rotatable bonds is 7. The van der Waals surface area contributed by atoms with E-state index in [2.05, 4.69) is 51.6 Å². The van der Waals surface area contributed by atoms with E-state index in [1.165, 1.54) is 17.3 Å². The van der Waals surface area contributed by atoms with Gasteiger partial charge >= 0.3 is 0 Å². The van der Waals surface area contributed by atoms with Crippen LogP contribution in [-0.4, -0.2) is 52.7 Å². The number of aromatic nitrogens is 3. The van der Waals surface area contributed by atoms with Crippen LogP contribution in [-0.2, 0) is 9.53 Å². The van der Waals surface area contributed by atoms with Crippen molar-refractivity contribution >= 4 is 23.6 Å². The number of thioether (sulfide) groups is 1. The summed E-state index contributed by atoms with van der Waals surface area (Å²) in [5.74, 6) is 1.02. The van der Waals surface area contributed by atoms with E-state index in [0.29, 0.717) is 18.4 Å². The molecule has 162 valence electrons. The van der Waals surface area contributed by atoms with Crippen molar-refractivity contribution in [2.45, 2.75) is 25.0 Å². The molecule has 1 atom stereocenters. The first-order valence-corrected chi connectivity index (χ1v) is 11.4. The van der Waals surface area contributed by atoms with Gasteiger partial charge in [0, 0.05) is 13.1 Å². The minimum atomic E-state index is -0.0480. The fourth-order valence-corrected chi connectivity index (χ4v) is 4.24. The Balaban J connectivity index is 1.50. The van der Waals surface area contributed by atoms with Crippen LogP contribution in [0.3, 0.4) is 0 Å². The second kappa shape index (κ2) is 9.98. The maximum absolute atomic E-state index is 12.6. The number of aryl methyl sites for hydroxylation is 1. The minimum Gasteiger partial charge on any atom is -0.378 e. The zero-order chi connectivity index (χ0) is 21.6. The third kappa shape index (κ3) is 5.26. The van der Waals surface area contributed by atoms with Crippen molar-refractivity contribution in [1.82, 2.24) is 20.1 Å². The summed E-state index contributed by atoms with van der Waals surface area (Å²) in [7, 11) is 0. The van der Waals surface area contributed by atoms with Gasteiger partial charge < -0.3 is 15.0 Å². The van der Waals surface area contributed by atoms with Crippen LogP contribution in [0, 0.1) is 6.92 Å². The van der Waals surface area contributed by atoms with Gasteiger partial charge in [-0.05, 0) is 31.5 Å².